The quantitative estimate of drug-likeness (QED) is 0.725. The van der Waals surface area contributed by atoms with Crippen molar-refractivity contribution in [3.8, 4) is 0 Å². The van der Waals surface area contributed by atoms with E-state index in [9.17, 15) is 0 Å². The van der Waals surface area contributed by atoms with Gasteiger partial charge in [-0.05, 0) is 26.5 Å². The molecule has 0 amide bonds. The number of ether oxygens (including phenoxy) is 1. The molecule has 96 valence electrons. The summed E-state index contributed by atoms with van der Waals surface area (Å²) in [5, 5.41) is 0.0518. The second kappa shape index (κ2) is 7.00. The highest BCUT2D eigenvalue weighted by Crippen LogP contribution is 2.11. The summed E-state index contributed by atoms with van der Waals surface area (Å²) in [5.74, 6) is 0. The molecule has 0 heterocycles. The van der Waals surface area contributed by atoms with Crippen molar-refractivity contribution in [1.82, 2.24) is 4.90 Å². The Morgan fingerprint density at radius 3 is 2.35 bits per heavy atom. The van der Waals surface area contributed by atoms with E-state index < -0.39 is 0 Å². The molecule has 2 nitrogen and oxygen atoms in total. The van der Waals surface area contributed by atoms with Crippen molar-refractivity contribution in [3.05, 3.63) is 34.9 Å². The maximum atomic E-state index is 6.14. The first-order chi connectivity index (χ1) is 8.01. The van der Waals surface area contributed by atoms with Gasteiger partial charge in [0.1, 0.15) is 0 Å². The molecule has 0 N–H and O–H groups in total. The Kier molecular flexibility index (Phi) is 5.96. The highest BCUT2D eigenvalue weighted by Gasteiger charge is 2.08. The van der Waals surface area contributed by atoms with Gasteiger partial charge in [-0.2, -0.15) is 0 Å². The molecule has 0 saturated heterocycles. The van der Waals surface area contributed by atoms with Gasteiger partial charge in [-0.1, -0.05) is 29.3 Å². The van der Waals surface area contributed by atoms with Crippen LogP contribution in [0.1, 0.15) is 16.7 Å². The van der Waals surface area contributed by atoms with Crippen LogP contribution in [-0.2, 0) is 11.3 Å². The van der Waals surface area contributed by atoms with Gasteiger partial charge < -0.3 is 9.64 Å². The van der Waals surface area contributed by atoms with Crippen LogP contribution in [0, 0.1) is 13.8 Å². The second-order valence-electron chi connectivity index (χ2n) is 4.75. The van der Waals surface area contributed by atoms with Crippen molar-refractivity contribution in [2.75, 3.05) is 27.3 Å². The van der Waals surface area contributed by atoms with Gasteiger partial charge in [-0.25, -0.2) is 0 Å². The zero-order valence-corrected chi connectivity index (χ0v) is 11.9. The number of halogens is 1. The van der Waals surface area contributed by atoms with Gasteiger partial charge in [-0.3, -0.25) is 0 Å². The lowest BCUT2D eigenvalue weighted by Gasteiger charge is -2.20. The van der Waals surface area contributed by atoms with Gasteiger partial charge in [0.2, 0.25) is 0 Å². The van der Waals surface area contributed by atoms with E-state index in [4.69, 9.17) is 16.3 Å². The summed E-state index contributed by atoms with van der Waals surface area (Å²) >= 11 is 6.14. The van der Waals surface area contributed by atoms with Gasteiger partial charge in [-0.15, -0.1) is 11.6 Å². The Labute approximate surface area is 110 Å². The van der Waals surface area contributed by atoms with E-state index in [1.165, 1.54) is 16.7 Å². The Morgan fingerprint density at radius 1 is 1.24 bits per heavy atom. The predicted molar refractivity (Wildman–Crippen MR) is 73.8 cm³/mol. The lowest BCUT2D eigenvalue weighted by Crippen LogP contribution is -2.28. The molecule has 17 heavy (non-hydrogen) atoms. The van der Waals surface area contributed by atoms with Gasteiger partial charge in [0.05, 0.1) is 12.0 Å². The molecule has 0 radical (unpaired) electrons. The van der Waals surface area contributed by atoms with Crippen molar-refractivity contribution in [3.63, 3.8) is 0 Å². The molecule has 0 aliphatic rings. The third-order valence-corrected chi connectivity index (χ3v) is 2.86. The zero-order chi connectivity index (χ0) is 12.8. The van der Waals surface area contributed by atoms with E-state index in [1.807, 2.05) is 0 Å². The minimum Gasteiger partial charge on any atom is -0.383 e. The lowest BCUT2D eigenvalue weighted by molar-refractivity contribution is 0.181. The van der Waals surface area contributed by atoms with E-state index >= 15 is 0 Å². The Morgan fingerprint density at radius 2 is 1.82 bits per heavy atom. The zero-order valence-electron chi connectivity index (χ0n) is 11.2. The summed E-state index contributed by atoms with van der Waals surface area (Å²) in [6.07, 6.45) is 0. The largest absolute Gasteiger partial charge is 0.383 e. The van der Waals surface area contributed by atoms with Crippen LogP contribution in [0.15, 0.2) is 18.2 Å². The molecule has 1 unspecified atom stereocenters. The fourth-order valence-corrected chi connectivity index (χ4v) is 2.47. The fourth-order valence-electron chi connectivity index (χ4n) is 2.11. The van der Waals surface area contributed by atoms with Crippen LogP contribution in [0.25, 0.3) is 0 Å². The number of rotatable bonds is 6. The second-order valence-corrected chi connectivity index (χ2v) is 5.36. The molecule has 0 fully saturated rings. The average Bonchev–Trinajstić information content (AvgIpc) is 2.14. The van der Waals surface area contributed by atoms with Crippen molar-refractivity contribution < 1.29 is 4.74 Å². The molecule has 0 saturated carbocycles. The number of hydrogen-bond acceptors (Lipinski definition) is 2. The number of hydrogen-bond donors (Lipinski definition) is 0. The Bertz CT molecular complexity index is 334. The number of aryl methyl sites for hydroxylation is 2. The molecule has 0 aromatic heterocycles. The molecule has 1 aromatic carbocycles. The van der Waals surface area contributed by atoms with Crippen LogP contribution in [0.4, 0.5) is 0 Å². The molecule has 1 aromatic rings. The van der Waals surface area contributed by atoms with Crippen LogP contribution in [-0.4, -0.2) is 37.6 Å². The van der Waals surface area contributed by atoms with Crippen LogP contribution in [0.3, 0.4) is 0 Å². The maximum Gasteiger partial charge on any atom is 0.0696 e. The monoisotopic (exact) mass is 255 g/mol. The minimum absolute atomic E-state index is 0.0518. The molecule has 0 spiro atoms. The number of alkyl halides is 1. The van der Waals surface area contributed by atoms with Gasteiger partial charge in [0.15, 0.2) is 0 Å². The van der Waals surface area contributed by atoms with E-state index in [2.05, 4.69) is 44.0 Å². The van der Waals surface area contributed by atoms with Crippen molar-refractivity contribution >= 4 is 11.6 Å². The van der Waals surface area contributed by atoms with Crippen LogP contribution >= 0.6 is 11.6 Å². The maximum absolute atomic E-state index is 6.14. The number of nitrogens with zero attached hydrogens (tertiary/aromatic N) is 1. The molecule has 1 atom stereocenters. The van der Waals surface area contributed by atoms with Gasteiger partial charge in [0, 0.05) is 20.2 Å². The third kappa shape index (κ3) is 5.53. The predicted octanol–water partition coefficient (Wildman–Crippen LogP) is 2.99. The Balaban J connectivity index is 2.52. The molecular weight excluding hydrogens is 234 g/mol. The summed E-state index contributed by atoms with van der Waals surface area (Å²) < 4.78 is 5.03. The topological polar surface area (TPSA) is 12.5 Å². The van der Waals surface area contributed by atoms with E-state index in [0.29, 0.717) is 6.61 Å². The number of benzene rings is 1. The SMILES string of the molecule is COCC(Cl)CN(C)Cc1cc(C)cc(C)c1. The molecule has 0 aliphatic carbocycles. The first-order valence-electron chi connectivity index (χ1n) is 5.90. The fraction of sp³-hybridized carbons (Fsp3) is 0.571. The highest BCUT2D eigenvalue weighted by molar-refractivity contribution is 6.20. The smallest absolute Gasteiger partial charge is 0.0696 e. The van der Waals surface area contributed by atoms with Crippen LogP contribution in [0.2, 0.25) is 0 Å². The summed E-state index contributed by atoms with van der Waals surface area (Å²) in [5.41, 5.74) is 3.96. The minimum atomic E-state index is 0.0518. The first kappa shape index (κ1) is 14.5. The van der Waals surface area contributed by atoms with E-state index in [0.717, 1.165) is 13.1 Å². The normalized spacial score (nSPS) is 13.1. The van der Waals surface area contributed by atoms with Gasteiger partial charge >= 0.3 is 0 Å². The van der Waals surface area contributed by atoms with Crippen molar-refractivity contribution in [2.45, 2.75) is 25.8 Å². The standard InChI is InChI=1S/C14H22ClNO/c1-11-5-12(2)7-13(6-11)8-16(3)9-14(15)10-17-4/h5-7,14H,8-10H2,1-4H3. The van der Waals surface area contributed by atoms with Gasteiger partial charge in [0.25, 0.3) is 0 Å². The Hall–Kier alpha value is -0.570. The summed E-state index contributed by atoms with van der Waals surface area (Å²) in [4.78, 5) is 2.23. The molecular formula is C14H22ClNO. The van der Waals surface area contributed by atoms with E-state index in [-0.39, 0.29) is 5.38 Å². The van der Waals surface area contributed by atoms with Crippen molar-refractivity contribution in [1.29, 1.82) is 0 Å². The number of methoxy groups -OCH3 is 1. The first-order valence-corrected chi connectivity index (χ1v) is 6.33. The van der Waals surface area contributed by atoms with Crippen molar-refractivity contribution in [2.24, 2.45) is 0 Å². The van der Waals surface area contributed by atoms with Crippen LogP contribution < -0.4 is 0 Å². The molecule has 0 aliphatic heterocycles. The molecule has 3 heteroatoms. The molecule has 1 rings (SSSR count). The highest BCUT2D eigenvalue weighted by atomic mass is 35.5. The van der Waals surface area contributed by atoms with Crippen LogP contribution in [0.5, 0.6) is 0 Å². The average molecular weight is 256 g/mol. The summed E-state index contributed by atoms with van der Waals surface area (Å²) in [6.45, 7) is 6.62. The summed E-state index contributed by atoms with van der Waals surface area (Å²) in [6, 6.07) is 6.64. The molecule has 0 bridgehead atoms. The van der Waals surface area contributed by atoms with E-state index in [1.54, 1.807) is 7.11 Å². The summed E-state index contributed by atoms with van der Waals surface area (Å²) in [7, 11) is 3.77. The lowest BCUT2D eigenvalue weighted by atomic mass is 10.1. The third-order valence-electron chi connectivity index (χ3n) is 2.59.